The highest BCUT2D eigenvalue weighted by Crippen LogP contribution is 2.20. The van der Waals surface area contributed by atoms with Gasteiger partial charge in [-0.3, -0.25) is 9.59 Å². The van der Waals surface area contributed by atoms with Crippen LogP contribution in [0.5, 0.6) is 5.75 Å². The van der Waals surface area contributed by atoms with Crippen molar-refractivity contribution in [1.82, 2.24) is 4.90 Å². The molecule has 7 nitrogen and oxygen atoms in total. The highest BCUT2D eigenvalue weighted by Gasteiger charge is 2.18. The fourth-order valence-electron chi connectivity index (χ4n) is 2.62. The number of benzene rings is 2. The minimum atomic E-state index is -0.806. The van der Waals surface area contributed by atoms with Gasteiger partial charge in [0.15, 0.2) is 6.61 Å². The van der Waals surface area contributed by atoms with Gasteiger partial charge in [0, 0.05) is 12.7 Å². The smallest absolute Gasteiger partial charge is 0.342 e. The molecule has 0 fully saturated rings. The van der Waals surface area contributed by atoms with E-state index in [0.29, 0.717) is 0 Å². The first-order valence-electron chi connectivity index (χ1n) is 8.75. The lowest BCUT2D eigenvalue weighted by Crippen LogP contribution is -2.37. The highest BCUT2D eigenvalue weighted by atomic mass is 16.5. The predicted octanol–water partition coefficient (Wildman–Crippen LogP) is 2.57. The first kappa shape index (κ1) is 21.0. The Hall–Kier alpha value is -3.35. The highest BCUT2D eigenvalue weighted by molar-refractivity contribution is 5.97. The fraction of sp³-hybridized carbons (Fsp3) is 0.286. The number of phenols is 1. The lowest BCUT2D eigenvalue weighted by Gasteiger charge is -2.18. The molecule has 0 saturated heterocycles. The van der Waals surface area contributed by atoms with Gasteiger partial charge in [0.05, 0.1) is 6.54 Å². The number of likely N-dealkylation sites (N-methyl/N-ethyl adjacent to an activating group) is 1. The maximum absolute atomic E-state index is 12.2. The average Bonchev–Trinajstić information content (AvgIpc) is 2.62. The zero-order valence-electron chi connectivity index (χ0n) is 16.4. The molecule has 0 aromatic heterocycles. The maximum atomic E-state index is 12.2. The second-order valence-electron chi connectivity index (χ2n) is 6.66. The molecule has 0 bridgehead atoms. The monoisotopic (exact) mass is 384 g/mol. The quantitative estimate of drug-likeness (QED) is 0.747. The van der Waals surface area contributed by atoms with Crippen molar-refractivity contribution in [3.63, 3.8) is 0 Å². The lowest BCUT2D eigenvalue weighted by atomic mass is 10.1. The van der Waals surface area contributed by atoms with E-state index in [1.807, 2.05) is 32.0 Å². The molecule has 2 aromatic carbocycles. The van der Waals surface area contributed by atoms with E-state index in [1.54, 1.807) is 13.0 Å². The van der Waals surface area contributed by atoms with Crippen LogP contribution >= 0.6 is 0 Å². The van der Waals surface area contributed by atoms with Crippen LogP contribution in [0, 0.1) is 20.8 Å². The Morgan fingerprint density at radius 1 is 1.07 bits per heavy atom. The molecule has 0 aliphatic carbocycles. The molecular weight excluding hydrogens is 360 g/mol. The molecule has 2 aromatic rings. The molecule has 0 saturated carbocycles. The summed E-state index contributed by atoms with van der Waals surface area (Å²) >= 11 is 0. The number of hydrogen-bond donors (Lipinski definition) is 2. The van der Waals surface area contributed by atoms with Crippen molar-refractivity contribution in [3.05, 3.63) is 58.7 Å². The number of para-hydroxylation sites is 1. The van der Waals surface area contributed by atoms with E-state index in [4.69, 9.17) is 4.74 Å². The van der Waals surface area contributed by atoms with Gasteiger partial charge >= 0.3 is 5.97 Å². The van der Waals surface area contributed by atoms with Gasteiger partial charge in [0.2, 0.25) is 5.91 Å². The number of nitrogens with zero attached hydrogens (tertiary/aromatic N) is 1. The molecule has 2 N–H and O–H groups in total. The van der Waals surface area contributed by atoms with Crippen molar-refractivity contribution in [2.45, 2.75) is 20.8 Å². The molecule has 0 heterocycles. The molecular formula is C21H24N2O5. The van der Waals surface area contributed by atoms with Gasteiger partial charge in [-0.2, -0.15) is 0 Å². The number of esters is 1. The molecule has 0 radical (unpaired) electrons. The largest absolute Gasteiger partial charge is 0.507 e. The molecule has 28 heavy (non-hydrogen) atoms. The molecule has 0 aliphatic heterocycles. The number of nitrogens with one attached hydrogen (secondary N) is 1. The number of rotatable bonds is 6. The summed E-state index contributed by atoms with van der Waals surface area (Å²) in [7, 11) is 1.45. The van der Waals surface area contributed by atoms with Crippen LogP contribution in [0.2, 0.25) is 0 Å². The van der Waals surface area contributed by atoms with Crippen LogP contribution in [0.4, 0.5) is 5.69 Å². The Labute approximate surface area is 163 Å². The molecule has 148 valence electrons. The van der Waals surface area contributed by atoms with E-state index in [0.717, 1.165) is 22.4 Å². The summed E-state index contributed by atoms with van der Waals surface area (Å²) in [5, 5.41) is 12.6. The fourth-order valence-corrected chi connectivity index (χ4v) is 2.62. The summed E-state index contributed by atoms with van der Waals surface area (Å²) in [4.78, 5) is 37.5. The Morgan fingerprint density at radius 3 is 2.32 bits per heavy atom. The first-order chi connectivity index (χ1) is 13.2. The second kappa shape index (κ2) is 9.03. The van der Waals surface area contributed by atoms with E-state index < -0.39 is 18.5 Å². The summed E-state index contributed by atoms with van der Waals surface area (Å²) in [6, 6.07) is 10.2. The van der Waals surface area contributed by atoms with Crippen molar-refractivity contribution in [1.29, 1.82) is 0 Å². The molecule has 0 atom stereocenters. The Bertz CT molecular complexity index is 887. The van der Waals surface area contributed by atoms with Gasteiger partial charge in [-0.25, -0.2) is 4.79 Å². The van der Waals surface area contributed by atoms with E-state index in [-0.39, 0.29) is 23.8 Å². The van der Waals surface area contributed by atoms with Gasteiger partial charge in [-0.15, -0.1) is 0 Å². The Balaban J connectivity index is 1.88. The number of hydrogen-bond acceptors (Lipinski definition) is 5. The topological polar surface area (TPSA) is 95.9 Å². The number of phenolic OH excluding ortho intramolecular Hbond substituents is 1. The third kappa shape index (κ3) is 5.33. The minimum Gasteiger partial charge on any atom is -0.507 e. The first-order valence-corrected chi connectivity index (χ1v) is 8.75. The normalized spacial score (nSPS) is 10.3. The number of ether oxygens (including phenoxy) is 1. The summed E-state index contributed by atoms with van der Waals surface area (Å²) < 4.78 is 4.95. The van der Waals surface area contributed by atoms with E-state index in [2.05, 4.69) is 5.32 Å². The lowest BCUT2D eigenvalue weighted by molar-refractivity contribution is -0.136. The van der Waals surface area contributed by atoms with Gasteiger partial charge < -0.3 is 20.1 Å². The van der Waals surface area contributed by atoms with Crippen molar-refractivity contribution >= 4 is 23.5 Å². The van der Waals surface area contributed by atoms with Crippen LogP contribution in [-0.2, 0) is 14.3 Å². The number of aromatic hydroxyl groups is 1. The van der Waals surface area contributed by atoms with Crippen molar-refractivity contribution < 1.29 is 24.2 Å². The van der Waals surface area contributed by atoms with Crippen molar-refractivity contribution in [2.75, 3.05) is 25.5 Å². The molecule has 0 unspecified atom stereocenters. The molecule has 7 heteroatoms. The Morgan fingerprint density at radius 2 is 1.71 bits per heavy atom. The third-order valence-corrected chi connectivity index (χ3v) is 4.25. The van der Waals surface area contributed by atoms with Gasteiger partial charge in [-0.1, -0.05) is 24.3 Å². The number of carbonyl (C=O) groups excluding carboxylic acids is 3. The van der Waals surface area contributed by atoms with Crippen LogP contribution in [0.3, 0.4) is 0 Å². The molecule has 0 aliphatic rings. The van der Waals surface area contributed by atoms with Crippen molar-refractivity contribution in [2.24, 2.45) is 0 Å². The second-order valence-corrected chi connectivity index (χ2v) is 6.66. The average molecular weight is 384 g/mol. The Kier molecular flexibility index (Phi) is 6.76. The van der Waals surface area contributed by atoms with Crippen molar-refractivity contribution in [3.8, 4) is 5.75 Å². The predicted molar refractivity (Wildman–Crippen MR) is 105 cm³/mol. The number of anilines is 1. The molecule has 2 rings (SSSR count). The summed E-state index contributed by atoms with van der Waals surface area (Å²) in [6.07, 6.45) is 0. The zero-order chi connectivity index (χ0) is 20.8. The van der Waals surface area contributed by atoms with Crippen LogP contribution < -0.4 is 5.32 Å². The summed E-state index contributed by atoms with van der Waals surface area (Å²) in [5.74, 6) is -1.90. The van der Waals surface area contributed by atoms with Gasteiger partial charge in [0.25, 0.3) is 5.91 Å². The van der Waals surface area contributed by atoms with Crippen LogP contribution in [0.1, 0.15) is 27.0 Å². The summed E-state index contributed by atoms with van der Waals surface area (Å²) in [6.45, 7) is 4.84. The molecule has 0 spiro atoms. The van der Waals surface area contributed by atoms with E-state index in [9.17, 15) is 19.5 Å². The van der Waals surface area contributed by atoms with Gasteiger partial charge in [-0.05, 0) is 49.6 Å². The minimum absolute atomic E-state index is 0.0196. The standard InChI is InChI=1S/C21H24N2O5/c1-13-8-9-16(17(24)10-13)21(27)28-12-19(26)23(4)11-18(25)22-20-14(2)6-5-7-15(20)3/h5-10,24H,11-12H2,1-4H3,(H,22,25). The van der Waals surface area contributed by atoms with Crippen LogP contribution in [0.25, 0.3) is 0 Å². The van der Waals surface area contributed by atoms with Crippen LogP contribution in [0.15, 0.2) is 36.4 Å². The summed E-state index contributed by atoms with van der Waals surface area (Å²) in [5.41, 5.74) is 3.34. The van der Waals surface area contributed by atoms with Gasteiger partial charge in [0.1, 0.15) is 11.3 Å². The number of aryl methyl sites for hydroxylation is 3. The number of carbonyl (C=O) groups is 3. The third-order valence-electron chi connectivity index (χ3n) is 4.25. The zero-order valence-corrected chi connectivity index (χ0v) is 16.4. The number of amides is 2. The van der Waals surface area contributed by atoms with E-state index >= 15 is 0 Å². The SMILES string of the molecule is Cc1ccc(C(=O)OCC(=O)N(C)CC(=O)Nc2c(C)cccc2C)c(O)c1. The maximum Gasteiger partial charge on any atom is 0.342 e. The van der Waals surface area contributed by atoms with E-state index in [1.165, 1.54) is 24.1 Å². The molecule has 2 amide bonds. The van der Waals surface area contributed by atoms with Crippen LogP contribution in [-0.4, -0.2) is 48.0 Å².